The molecule has 4 rings (SSSR count). The summed E-state index contributed by atoms with van der Waals surface area (Å²) in [5.74, 6) is 0.153. The van der Waals surface area contributed by atoms with Crippen molar-refractivity contribution >= 4 is 11.8 Å². The van der Waals surface area contributed by atoms with Crippen LogP contribution in [0.2, 0.25) is 0 Å². The summed E-state index contributed by atoms with van der Waals surface area (Å²) in [6.45, 7) is 6.55. The van der Waals surface area contributed by atoms with Gasteiger partial charge < -0.3 is 14.4 Å². The maximum Gasteiger partial charge on any atom is 0.255 e. The predicted octanol–water partition coefficient (Wildman–Crippen LogP) is 4.21. The van der Waals surface area contributed by atoms with E-state index in [9.17, 15) is 9.59 Å². The normalized spacial score (nSPS) is 18.1. The summed E-state index contributed by atoms with van der Waals surface area (Å²) in [7, 11) is 0. The van der Waals surface area contributed by atoms with Crippen molar-refractivity contribution in [3.8, 4) is 0 Å². The Morgan fingerprint density at radius 3 is 2.03 bits per heavy atom. The Hall–Kier alpha value is -2.56. The van der Waals surface area contributed by atoms with E-state index in [0.717, 1.165) is 11.3 Å². The lowest BCUT2D eigenvalue weighted by Crippen LogP contribution is -2.50. The molecule has 2 aliphatic rings. The summed E-state index contributed by atoms with van der Waals surface area (Å²) >= 11 is 0. The van der Waals surface area contributed by atoms with Crippen molar-refractivity contribution in [2.24, 2.45) is 0 Å². The number of hydrogen-bond acceptors (Lipinski definition) is 2. The van der Waals surface area contributed by atoms with E-state index in [2.05, 4.69) is 24.5 Å². The molecular formula is C24H31N3O2. The van der Waals surface area contributed by atoms with Crippen molar-refractivity contribution < 1.29 is 9.59 Å². The molecule has 1 saturated carbocycles. The number of benzene rings is 1. The zero-order chi connectivity index (χ0) is 20.4. The van der Waals surface area contributed by atoms with Crippen LogP contribution in [-0.4, -0.2) is 52.4 Å². The molecule has 154 valence electrons. The highest BCUT2D eigenvalue weighted by atomic mass is 16.2. The Labute approximate surface area is 173 Å². The highest BCUT2D eigenvalue weighted by molar-refractivity contribution is 5.97. The third-order valence-electron chi connectivity index (χ3n) is 6.53. The molecule has 5 heteroatoms. The number of carbonyl (C=O) groups excluding carboxylic acids is 2. The van der Waals surface area contributed by atoms with Crippen molar-refractivity contribution in [2.45, 2.75) is 52.0 Å². The fourth-order valence-electron chi connectivity index (χ4n) is 4.94. The third kappa shape index (κ3) is 3.96. The molecular weight excluding hydrogens is 362 g/mol. The summed E-state index contributed by atoms with van der Waals surface area (Å²) in [6.07, 6.45) is 6.31. The van der Waals surface area contributed by atoms with Gasteiger partial charge in [0, 0.05) is 49.2 Å². The first kappa shape index (κ1) is 19.7. The molecule has 2 aromatic rings. The van der Waals surface area contributed by atoms with Gasteiger partial charge in [0.1, 0.15) is 0 Å². The molecule has 5 nitrogen and oxygen atoms in total. The van der Waals surface area contributed by atoms with Crippen LogP contribution in [0.5, 0.6) is 0 Å². The molecule has 2 amide bonds. The Balaban J connectivity index is 1.43. The summed E-state index contributed by atoms with van der Waals surface area (Å²) in [4.78, 5) is 29.6. The molecule has 1 saturated heterocycles. The fourth-order valence-corrected chi connectivity index (χ4v) is 4.94. The number of nitrogens with zero attached hydrogens (tertiary/aromatic N) is 3. The van der Waals surface area contributed by atoms with Crippen LogP contribution >= 0.6 is 0 Å². The lowest BCUT2D eigenvalue weighted by atomic mass is 9.95. The second-order valence-electron chi connectivity index (χ2n) is 8.40. The molecule has 1 aromatic carbocycles. The molecule has 0 unspecified atom stereocenters. The third-order valence-corrected chi connectivity index (χ3v) is 6.53. The lowest BCUT2D eigenvalue weighted by Gasteiger charge is -2.35. The second kappa shape index (κ2) is 8.44. The summed E-state index contributed by atoms with van der Waals surface area (Å²) in [6, 6.07) is 12.0. The van der Waals surface area contributed by atoms with Gasteiger partial charge in [-0.25, -0.2) is 0 Å². The molecule has 0 bridgehead atoms. The van der Waals surface area contributed by atoms with E-state index in [1.54, 1.807) is 0 Å². The van der Waals surface area contributed by atoms with E-state index in [4.69, 9.17) is 0 Å². The first-order valence-corrected chi connectivity index (χ1v) is 10.9. The first-order valence-electron chi connectivity index (χ1n) is 10.9. The van der Waals surface area contributed by atoms with Crippen molar-refractivity contribution in [1.82, 2.24) is 14.4 Å². The van der Waals surface area contributed by atoms with Crippen LogP contribution in [0.25, 0.3) is 0 Å². The highest BCUT2D eigenvalue weighted by Gasteiger charge is 2.28. The fraction of sp³-hybridized carbons (Fsp3) is 0.500. The topological polar surface area (TPSA) is 45.6 Å². The van der Waals surface area contributed by atoms with Crippen LogP contribution in [0.4, 0.5) is 0 Å². The van der Waals surface area contributed by atoms with Gasteiger partial charge in [-0.05, 0) is 44.9 Å². The highest BCUT2D eigenvalue weighted by Crippen LogP contribution is 2.32. The van der Waals surface area contributed by atoms with E-state index in [1.807, 2.05) is 40.1 Å². The second-order valence-corrected chi connectivity index (χ2v) is 8.40. The van der Waals surface area contributed by atoms with Crippen LogP contribution in [-0.2, 0) is 0 Å². The zero-order valence-corrected chi connectivity index (χ0v) is 17.6. The Morgan fingerprint density at radius 1 is 0.828 bits per heavy atom. The molecule has 1 aliphatic carbocycles. The van der Waals surface area contributed by atoms with E-state index >= 15 is 0 Å². The van der Waals surface area contributed by atoms with E-state index < -0.39 is 0 Å². The maximum absolute atomic E-state index is 13.2. The molecule has 0 radical (unpaired) electrons. The summed E-state index contributed by atoms with van der Waals surface area (Å²) in [5, 5.41) is 0. The van der Waals surface area contributed by atoms with Gasteiger partial charge in [-0.1, -0.05) is 37.5 Å². The van der Waals surface area contributed by atoms with Crippen LogP contribution in [0.1, 0.15) is 70.2 Å². The summed E-state index contributed by atoms with van der Waals surface area (Å²) in [5.41, 5.74) is 3.83. The molecule has 0 atom stereocenters. The van der Waals surface area contributed by atoms with Crippen LogP contribution in [0, 0.1) is 13.8 Å². The van der Waals surface area contributed by atoms with Crippen LogP contribution in [0.3, 0.4) is 0 Å². The standard InChI is InChI=1S/C24H31N3O2/c1-18-17-22(19(2)27(18)21-11-7-4-8-12-21)24(29)26-15-13-25(14-16-26)23(28)20-9-5-3-6-10-20/h3,5-6,9-10,17,21H,4,7-8,11-16H2,1-2H3. The van der Waals surface area contributed by atoms with Gasteiger partial charge in [0.05, 0.1) is 5.56 Å². The minimum atomic E-state index is 0.0492. The van der Waals surface area contributed by atoms with Crippen molar-refractivity contribution in [3.05, 3.63) is 58.9 Å². The average Bonchev–Trinajstić information content (AvgIpc) is 3.08. The zero-order valence-electron chi connectivity index (χ0n) is 17.6. The van der Waals surface area contributed by atoms with Crippen molar-refractivity contribution in [1.29, 1.82) is 0 Å². The summed E-state index contributed by atoms with van der Waals surface area (Å²) < 4.78 is 2.39. The Kier molecular flexibility index (Phi) is 5.74. The number of aromatic nitrogens is 1. The van der Waals surface area contributed by atoms with E-state index in [0.29, 0.717) is 37.8 Å². The SMILES string of the molecule is Cc1cc(C(=O)N2CCN(C(=O)c3ccccc3)CC2)c(C)n1C1CCCCC1. The molecule has 2 fully saturated rings. The first-order chi connectivity index (χ1) is 14.1. The molecule has 0 spiro atoms. The Bertz CT molecular complexity index is 873. The number of aryl methyl sites for hydroxylation is 1. The minimum Gasteiger partial charge on any atom is -0.345 e. The number of carbonyl (C=O) groups is 2. The number of hydrogen-bond donors (Lipinski definition) is 0. The van der Waals surface area contributed by atoms with Gasteiger partial charge in [0.15, 0.2) is 0 Å². The molecule has 1 aromatic heterocycles. The van der Waals surface area contributed by atoms with Gasteiger partial charge in [-0.15, -0.1) is 0 Å². The van der Waals surface area contributed by atoms with Crippen molar-refractivity contribution in [3.63, 3.8) is 0 Å². The van der Waals surface area contributed by atoms with Gasteiger partial charge in [0.2, 0.25) is 0 Å². The Morgan fingerprint density at radius 2 is 1.41 bits per heavy atom. The van der Waals surface area contributed by atoms with Crippen LogP contribution in [0.15, 0.2) is 36.4 Å². The number of piperazine rings is 1. The molecule has 29 heavy (non-hydrogen) atoms. The lowest BCUT2D eigenvalue weighted by molar-refractivity contribution is 0.0535. The molecule has 2 heterocycles. The van der Waals surface area contributed by atoms with Gasteiger partial charge in [-0.3, -0.25) is 9.59 Å². The molecule has 1 aliphatic heterocycles. The minimum absolute atomic E-state index is 0.0492. The van der Waals surface area contributed by atoms with E-state index in [-0.39, 0.29) is 11.8 Å². The van der Waals surface area contributed by atoms with Crippen LogP contribution < -0.4 is 0 Å². The van der Waals surface area contributed by atoms with Gasteiger partial charge in [-0.2, -0.15) is 0 Å². The van der Waals surface area contributed by atoms with Gasteiger partial charge >= 0.3 is 0 Å². The predicted molar refractivity (Wildman–Crippen MR) is 114 cm³/mol. The monoisotopic (exact) mass is 393 g/mol. The quantitative estimate of drug-likeness (QED) is 0.784. The smallest absolute Gasteiger partial charge is 0.255 e. The average molecular weight is 394 g/mol. The largest absolute Gasteiger partial charge is 0.345 e. The maximum atomic E-state index is 13.2. The van der Waals surface area contributed by atoms with Gasteiger partial charge in [0.25, 0.3) is 11.8 Å². The number of rotatable bonds is 3. The molecule has 0 N–H and O–H groups in total. The number of amides is 2. The van der Waals surface area contributed by atoms with Crippen molar-refractivity contribution in [2.75, 3.05) is 26.2 Å². The van der Waals surface area contributed by atoms with E-state index in [1.165, 1.54) is 37.8 Å².